The molecule has 8 heteroatoms. The molecule has 6 atom stereocenters. The molecule has 3 aliphatic rings. The molecule has 3 fully saturated rings. The molecule has 0 aliphatic carbocycles. The second kappa shape index (κ2) is 6.74. The minimum absolute atomic E-state index is 0.0111. The fourth-order valence-corrected chi connectivity index (χ4v) is 4.14. The Hall–Kier alpha value is -1.96. The lowest BCUT2D eigenvalue weighted by molar-refractivity contribution is -0.145. The first-order valence-corrected chi connectivity index (χ1v) is 8.88. The number of nitrogens with zero attached hydrogens (tertiary/aromatic N) is 1. The Morgan fingerprint density at radius 3 is 2.28 bits per heavy atom. The Labute approximate surface area is 145 Å². The molecule has 2 N–H and O–H groups in total. The van der Waals surface area contributed by atoms with Crippen molar-refractivity contribution in [1.82, 2.24) is 10.2 Å². The van der Waals surface area contributed by atoms with Crippen LogP contribution in [-0.4, -0.2) is 58.5 Å². The monoisotopic (exact) mass is 352 g/mol. The van der Waals surface area contributed by atoms with Crippen molar-refractivity contribution in [3.63, 3.8) is 0 Å². The summed E-state index contributed by atoms with van der Waals surface area (Å²) in [6.45, 7) is 3.59. The van der Waals surface area contributed by atoms with E-state index in [1.54, 1.807) is 6.92 Å². The number of aliphatic carboxylic acids is 1. The van der Waals surface area contributed by atoms with E-state index in [2.05, 4.69) is 5.32 Å². The summed E-state index contributed by atoms with van der Waals surface area (Å²) < 4.78 is 5.66. The standard InChI is InChI=1S/C17H24N2O6/c1-3-8(2)14(17(23)24)18-11(20)6-7-19-15(21)12-9-4-5-10(25-9)13(12)16(19)22/h8-10,12-14H,3-7H2,1-2H3,(H,18,20)(H,23,24)/t8-,9?,10?,12?,13?,14-/m0/s1. The van der Waals surface area contributed by atoms with E-state index in [0.29, 0.717) is 6.42 Å². The third-order valence-electron chi connectivity index (χ3n) is 5.73. The molecule has 0 spiro atoms. The van der Waals surface area contributed by atoms with Crippen molar-refractivity contribution in [3.05, 3.63) is 0 Å². The van der Waals surface area contributed by atoms with E-state index in [-0.39, 0.29) is 42.9 Å². The number of ether oxygens (including phenoxy) is 1. The van der Waals surface area contributed by atoms with Crippen LogP contribution in [0.25, 0.3) is 0 Å². The summed E-state index contributed by atoms with van der Waals surface area (Å²) in [5.41, 5.74) is 0. The second-order valence-corrected chi connectivity index (χ2v) is 7.19. The van der Waals surface area contributed by atoms with Crippen molar-refractivity contribution in [2.45, 2.75) is 57.8 Å². The molecule has 4 unspecified atom stereocenters. The highest BCUT2D eigenvalue weighted by molar-refractivity contribution is 6.06. The fourth-order valence-electron chi connectivity index (χ4n) is 4.14. The van der Waals surface area contributed by atoms with E-state index >= 15 is 0 Å². The van der Waals surface area contributed by atoms with Crippen molar-refractivity contribution >= 4 is 23.7 Å². The van der Waals surface area contributed by atoms with Crippen LogP contribution in [0.15, 0.2) is 0 Å². The van der Waals surface area contributed by atoms with Crippen LogP contribution in [0.4, 0.5) is 0 Å². The number of carbonyl (C=O) groups excluding carboxylic acids is 3. The third-order valence-corrected chi connectivity index (χ3v) is 5.73. The summed E-state index contributed by atoms with van der Waals surface area (Å²) in [5.74, 6) is -3.08. The largest absolute Gasteiger partial charge is 0.480 e. The van der Waals surface area contributed by atoms with Crippen LogP contribution in [0, 0.1) is 17.8 Å². The second-order valence-electron chi connectivity index (χ2n) is 7.19. The normalized spacial score (nSPS) is 32.6. The molecule has 0 aromatic heterocycles. The fraction of sp³-hybridized carbons (Fsp3) is 0.765. The first-order valence-electron chi connectivity index (χ1n) is 8.88. The van der Waals surface area contributed by atoms with Crippen molar-refractivity contribution in [3.8, 4) is 0 Å². The van der Waals surface area contributed by atoms with Crippen LogP contribution in [0.5, 0.6) is 0 Å². The third kappa shape index (κ3) is 3.03. The molecule has 0 aromatic rings. The van der Waals surface area contributed by atoms with Gasteiger partial charge in [-0.25, -0.2) is 4.79 Å². The molecule has 0 saturated carbocycles. The van der Waals surface area contributed by atoms with Crippen molar-refractivity contribution in [2.24, 2.45) is 17.8 Å². The minimum atomic E-state index is -1.08. The highest BCUT2D eigenvalue weighted by atomic mass is 16.5. The van der Waals surface area contributed by atoms with Gasteiger partial charge in [-0.1, -0.05) is 20.3 Å². The minimum Gasteiger partial charge on any atom is -0.480 e. The molecule has 8 nitrogen and oxygen atoms in total. The van der Waals surface area contributed by atoms with Gasteiger partial charge in [-0.2, -0.15) is 0 Å². The lowest BCUT2D eigenvalue weighted by Gasteiger charge is -2.21. The van der Waals surface area contributed by atoms with Gasteiger partial charge in [0.2, 0.25) is 17.7 Å². The number of rotatable bonds is 7. The van der Waals surface area contributed by atoms with Gasteiger partial charge >= 0.3 is 5.97 Å². The van der Waals surface area contributed by atoms with Gasteiger partial charge in [0, 0.05) is 13.0 Å². The maximum absolute atomic E-state index is 12.5. The van der Waals surface area contributed by atoms with Gasteiger partial charge in [0.25, 0.3) is 0 Å². The van der Waals surface area contributed by atoms with Crippen LogP contribution in [0.2, 0.25) is 0 Å². The molecular weight excluding hydrogens is 328 g/mol. The predicted molar refractivity (Wildman–Crippen MR) is 85.2 cm³/mol. The number of nitrogens with one attached hydrogen (secondary N) is 1. The highest BCUT2D eigenvalue weighted by Gasteiger charge is 2.62. The molecule has 3 rings (SSSR count). The molecule has 0 aromatic carbocycles. The maximum atomic E-state index is 12.5. The van der Waals surface area contributed by atoms with Crippen molar-refractivity contribution < 1.29 is 29.0 Å². The van der Waals surface area contributed by atoms with Crippen LogP contribution in [0.3, 0.4) is 0 Å². The summed E-state index contributed by atoms with van der Waals surface area (Å²) in [7, 11) is 0. The summed E-state index contributed by atoms with van der Waals surface area (Å²) in [4.78, 5) is 49.5. The van der Waals surface area contributed by atoms with Gasteiger partial charge in [-0.15, -0.1) is 0 Å². The van der Waals surface area contributed by atoms with Gasteiger partial charge in [-0.3, -0.25) is 19.3 Å². The quantitative estimate of drug-likeness (QED) is 0.631. The molecular formula is C17H24N2O6. The number of hydrogen-bond donors (Lipinski definition) is 2. The number of carboxylic acid groups (broad SMARTS) is 1. The number of imide groups is 1. The molecule has 3 heterocycles. The molecule has 3 aliphatic heterocycles. The SMILES string of the molecule is CC[C@H](C)[C@H](NC(=O)CCN1C(=O)C2C3CCC(O3)C2C1=O)C(=O)O. The number of hydrogen-bond acceptors (Lipinski definition) is 5. The Kier molecular flexibility index (Phi) is 4.81. The predicted octanol–water partition coefficient (Wildman–Crippen LogP) is 0.154. The van der Waals surface area contributed by atoms with E-state index in [4.69, 9.17) is 4.74 Å². The van der Waals surface area contributed by atoms with Crippen molar-refractivity contribution in [1.29, 1.82) is 0 Å². The van der Waals surface area contributed by atoms with Crippen LogP contribution < -0.4 is 5.32 Å². The van der Waals surface area contributed by atoms with Gasteiger partial charge in [0.15, 0.2) is 0 Å². The Bertz CT molecular complexity index is 578. The summed E-state index contributed by atoms with van der Waals surface area (Å²) in [6, 6.07) is -0.967. The first kappa shape index (κ1) is 17.8. The molecule has 2 bridgehead atoms. The molecule has 138 valence electrons. The average Bonchev–Trinajstić information content (AvgIpc) is 3.24. The van der Waals surface area contributed by atoms with Gasteiger partial charge in [-0.05, 0) is 18.8 Å². The van der Waals surface area contributed by atoms with Gasteiger partial charge in [0.1, 0.15) is 6.04 Å². The average molecular weight is 352 g/mol. The zero-order chi connectivity index (χ0) is 18.3. The number of fused-ring (bicyclic) bond motifs is 5. The molecule has 3 saturated heterocycles. The Balaban J connectivity index is 1.57. The lowest BCUT2D eigenvalue weighted by Crippen LogP contribution is -2.46. The Morgan fingerprint density at radius 1 is 1.24 bits per heavy atom. The topological polar surface area (TPSA) is 113 Å². The molecule has 0 radical (unpaired) electrons. The number of amides is 3. The zero-order valence-electron chi connectivity index (χ0n) is 14.4. The van der Waals surface area contributed by atoms with Crippen LogP contribution in [-0.2, 0) is 23.9 Å². The summed E-state index contributed by atoms with van der Waals surface area (Å²) in [5, 5.41) is 11.7. The van der Waals surface area contributed by atoms with Crippen LogP contribution >= 0.6 is 0 Å². The smallest absolute Gasteiger partial charge is 0.326 e. The maximum Gasteiger partial charge on any atom is 0.326 e. The molecule has 3 amide bonds. The Morgan fingerprint density at radius 2 is 1.80 bits per heavy atom. The summed E-state index contributed by atoms with van der Waals surface area (Å²) >= 11 is 0. The van der Waals surface area contributed by atoms with E-state index in [1.807, 2.05) is 6.92 Å². The van der Waals surface area contributed by atoms with Gasteiger partial charge < -0.3 is 15.2 Å². The van der Waals surface area contributed by atoms with E-state index < -0.39 is 29.8 Å². The van der Waals surface area contributed by atoms with E-state index in [0.717, 1.165) is 17.7 Å². The van der Waals surface area contributed by atoms with Crippen LogP contribution in [0.1, 0.15) is 39.5 Å². The van der Waals surface area contributed by atoms with Crippen molar-refractivity contribution in [2.75, 3.05) is 6.54 Å². The first-order chi connectivity index (χ1) is 11.8. The van der Waals surface area contributed by atoms with E-state index in [9.17, 15) is 24.3 Å². The molecule has 25 heavy (non-hydrogen) atoms. The zero-order valence-corrected chi connectivity index (χ0v) is 14.4. The van der Waals surface area contributed by atoms with Gasteiger partial charge in [0.05, 0.1) is 24.0 Å². The number of carboxylic acids is 1. The van der Waals surface area contributed by atoms with E-state index in [1.165, 1.54) is 0 Å². The highest BCUT2D eigenvalue weighted by Crippen LogP contribution is 2.48. The number of carbonyl (C=O) groups is 4. The summed E-state index contributed by atoms with van der Waals surface area (Å²) in [6.07, 6.45) is 1.78. The number of likely N-dealkylation sites (tertiary alicyclic amines) is 1. The lowest BCUT2D eigenvalue weighted by atomic mass is 9.81.